The molecule has 3 aromatic carbocycles. The molecule has 5 nitrogen and oxygen atoms in total. The zero-order chi connectivity index (χ0) is 25.1. The number of aliphatic carboxylic acids is 1. The van der Waals surface area contributed by atoms with Crippen LogP contribution >= 0.6 is 0 Å². The van der Waals surface area contributed by atoms with E-state index in [0.29, 0.717) is 28.1 Å². The van der Waals surface area contributed by atoms with Gasteiger partial charge in [-0.1, -0.05) is 62.4 Å². The summed E-state index contributed by atoms with van der Waals surface area (Å²) >= 11 is 0. The zero-order valence-corrected chi connectivity index (χ0v) is 19.9. The Labute approximate surface area is 204 Å². The number of aromatic nitrogens is 1. The smallest absolute Gasteiger partial charge is 0.323 e. The summed E-state index contributed by atoms with van der Waals surface area (Å²) in [5.41, 5.74) is 4.41. The van der Waals surface area contributed by atoms with Crippen LogP contribution < -0.4 is 4.90 Å². The molecule has 4 rings (SSSR count). The normalized spacial score (nSPS) is 11.0. The molecule has 1 N–H and O–H groups in total. The van der Waals surface area contributed by atoms with E-state index in [-0.39, 0.29) is 18.4 Å². The van der Waals surface area contributed by atoms with Crippen LogP contribution in [-0.2, 0) is 11.3 Å². The van der Waals surface area contributed by atoms with Gasteiger partial charge in [-0.05, 0) is 53.4 Å². The number of carbonyl (C=O) groups excluding carboxylic acids is 1. The van der Waals surface area contributed by atoms with Crippen molar-refractivity contribution in [3.8, 4) is 22.4 Å². The minimum absolute atomic E-state index is 0.158. The van der Waals surface area contributed by atoms with E-state index in [9.17, 15) is 19.1 Å². The molecular formula is C29H27FN2O3. The topological polar surface area (TPSA) is 62.5 Å². The van der Waals surface area contributed by atoms with Crippen LogP contribution in [0.25, 0.3) is 22.4 Å². The van der Waals surface area contributed by atoms with E-state index in [2.05, 4.69) is 0 Å². The molecule has 0 radical (unpaired) electrons. The van der Waals surface area contributed by atoms with Crippen molar-refractivity contribution in [1.82, 2.24) is 4.57 Å². The Hall–Kier alpha value is -4.19. The average molecular weight is 471 g/mol. The zero-order valence-electron chi connectivity index (χ0n) is 19.9. The highest BCUT2D eigenvalue weighted by Gasteiger charge is 2.32. The third kappa shape index (κ3) is 4.73. The Morgan fingerprint density at radius 3 is 2.00 bits per heavy atom. The predicted octanol–water partition coefficient (Wildman–Crippen LogP) is 6.45. The summed E-state index contributed by atoms with van der Waals surface area (Å²) in [6, 6.07) is 24.7. The summed E-state index contributed by atoms with van der Waals surface area (Å²) in [6.07, 6.45) is 0. The summed E-state index contributed by atoms with van der Waals surface area (Å²) in [6.45, 7) is 3.55. The van der Waals surface area contributed by atoms with Crippen LogP contribution in [0.1, 0.15) is 35.8 Å². The van der Waals surface area contributed by atoms with Gasteiger partial charge in [-0.25, -0.2) is 4.39 Å². The van der Waals surface area contributed by atoms with Crippen LogP contribution in [0.5, 0.6) is 0 Å². The van der Waals surface area contributed by atoms with Gasteiger partial charge < -0.3 is 14.6 Å². The first-order chi connectivity index (χ1) is 16.8. The molecule has 0 saturated heterocycles. The van der Waals surface area contributed by atoms with Crippen LogP contribution in [0.2, 0.25) is 0 Å². The van der Waals surface area contributed by atoms with Gasteiger partial charge in [0.25, 0.3) is 5.91 Å². The van der Waals surface area contributed by atoms with Gasteiger partial charge in [0.1, 0.15) is 12.4 Å². The molecule has 178 valence electrons. The standard InChI is InChI=1S/C29H27FN2O3/c1-19(2)27-26(29(35)31(3)23-12-8-5-9-13-23)25(20-10-6-4-7-11-20)28(32(27)18-24(33)34)21-14-16-22(30)17-15-21/h4-17,19H,18H2,1-3H3,(H,33,34). The number of carbonyl (C=O) groups is 2. The number of hydrogen-bond donors (Lipinski definition) is 1. The van der Waals surface area contributed by atoms with Crippen molar-refractivity contribution in [2.75, 3.05) is 11.9 Å². The Bertz CT molecular complexity index is 1340. The predicted molar refractivity (Wildman–Crippen MR) is 136 cm³/mol. The molecule has 6 heteroatoms. The van der Waals surface area contributed by atoms with Gasteiger partial charge in [0.15, 0.2) is 0 Å². The fraction of sp³-hybridized carbons (Fsp3) is 0.172. The van der Waals surface area contributed by atoms with Gasteiger partial charge in [0, 0.05) is 24.0 Å². The van der Waals surface area contributed by atoms with Gasteiger partial charge in [0.2, 0.25) is 0 Å². The van der Waals surface area contributed by atoms with E-state index in [4.69, 9.17) is 0 Å². The van der Waals surface area contributed by atoms with Gasteiger partial charge in [-0.15, -0.1) is 0 Å². The van der Waals surface area contributed by atoms with Crippen molar-refractivity contribution < 1.29 is 19.1 Å². The van der Waals surface area contributed by atoms with Crippen LogP contribution in [0.4, 0.5) is 10.1 Å². The minimum Gasteiger partial charge on any atom is -0.480 e. The maximum atomic E-state index is 14.1. The molecule has 0 unspecified atom stereocenters. The van der Waals surface area contributed by atoms with Crippen LogP contribution in [-0.4, -0.2) is 28.6 Å². The molecular weight excluding hydrogens is 443 g/mol. The summed E-state index contributed by atoms with van der Waals surface area (Å²) in [7, 11) is 1.71. The molecule has 1 aromatic heterocycles. The van der Waals surface area contributed by atoms with Crippen molar-refractivity contribution in [2.24, 2.45) is 0 Å². The molecule has 0 fully saturated rings. The van der Waals surface area contributed by atoms with Crippen LogP contribution in [0.15, 0.2) is 84.9 Å². The Balaban J connectivity index is 2.10. The first-order valence-corrected chi connectivity index (χ1v) is 11.4. The lowest BCUT2D eigenvalue weighted by Gasteiger charge is -2.20. The molecule has 0 spiro atoms. The van der Waals surface area contributed by atoms with Crippen molar-refractivity contribution >= 4 is 17.6 Å². The number of rotatable bonds is 7. The lowest BCUT2D eigenvalue weighted by atomic mass is 9.94. The molecule has 0 saturated carbocycles. The molecule has 0 aliphatic rings. The summed E-state index contributed by atoms with van der Waals surface area (Å²) in [5.74, 6) is -1.82. The second-order valence-electron chi connectivity index (χ2n) is 8.69. The van der Waals surface area contributed by atoms with E-state index in [1.165, 1.54) is 12.1 Å². The molecule has 0 bridgehead atoms. The van der Waals surface area contributed by atoms with Crippen molar-refractivity contribution in [2.45, 2.75) is 26.3 Å². The number of para-hydroxylation sites is 1. The van der Waals surface area contributed by atoms with Crippen molar-refractivity contribution in [3.05, 3.63) is 102 Å². The van der Waals surface area contributed by atoms with E-state index >= 15 is 0 Å². The average Bonchev–Trinajstić information content (AvgIpc) is 3.19. The number of hydrogen-bond acceptors (Lipinski definition) is 2. The number of carboxylic acid groups (broad SMARTS) is 1. The highest BCUT2D eigenvalue weighted by molar-refractivity contribution is 6.13. The number of nitrogens with zero attached hydrogens (tertiary/aromatic N) is 2. The number of benzene rings is 3. The van der Waals surface area contributed by atoms with Gasteiger partial charge in [-0.3, -0.25) is 9.59 Å². The van der Waals surface area contributed by atoms with E-state index in [1.807, 2.05) is 74.5 Å². The molecule has 1 heterocycles. The van der Waals surface area contributed by atoms with Crippen molar-refractivity contribution in [3.63, 3.8) is 0 Å². The molecule has 0 aliphatic carbocycles. The maximum absolute atomic E-state index is 14.1. The highest BCUT2D eigenvalue weighted by atomic mass is 19.1. The lowest BCUT2D eigenvalue weighted by molar-refractivity contribution is -0.137. The third-order valence-corrected chi connectivity index (χ3v) is 5.99. The fourth-order valence-electron chi connectivity index (χ4n) is 4.48. The maximum Gasteiger partial charge on any atom is 0.323 e. The number of anilines is 1. The van der Waals surface area contributed by atoms with E-state index < -0.39 is 11.8 Å². The lowest BCUT2D eigenvalue weighted by Crippen LogP contribution is -2.28. The fourth-order valence-corrected chi connectivity index (χ4v) is 4.48. The third-order valence-electron chi connectivity index (χ3n) is 5.99. The Morgan fingerprint density at radius 1 is 0.886 bits per heavy atom. The summed E-state index contributed by atoms with van der Waals surface area (Å²) in [4.78, 5) is 27.7. The largest absolute Gasteiger partial charge is 0.480 e. The number of halogens is 1. The summed E-state index contributed by atoms with van der Waals surface area (Å²) < 4.78 is 15.5. The van der Waals surface area contributed by atoms with Crippen LogP contribution in [0, 0.1) is 5.82 Å². The Morgan fingerprint density at radius 2 is 1.46 bits per heavy atom. The highest BCUT2D eigenvalue weighted by Crippen LogP contribution is 2.42. The molecule has 0 atom stereocenters. The number of carboxylic acids is 1. The quantitative estimate of drug-likeness (QED) is 0.338. The molecule has 35 heavy (non-hydrogen) atoms. The van der Waals surface area contributed by atoms with E-state index in [1.54, 1.807) is 28.6 Å². The van der Waals surface area contributed by atoms with Crippen molar-refractivity contribution in [1.29, 1.82) is 0 Å². The molecule has 4 aromatic rings. The minimum atomic E-state index is -1.03. The second kappa shape index (κ2) is 9.97. The van der Waals surface area contributed by atoms with E-state index in [0.717, 1.165) is 11.3 Å². The Kier molecular flexibility index (Phi) is 6.82. The molecule has 1 amide bonds. The summed E-state index contributed by atoms with van der Waals surface area (Å²) in [5, 5.41) is 9.81. The SMILES string of the molecule is CC(C)c1c(C(=O)N(C)c2ccccc2)c(-c2ccccc2)c(-c2ccc(F)cc2)n1CC(=O)O. The van der Waals surface area contributed by atoms with Gasteiger partial charge in [-0.2, -0.15) is 0 Å². The van der Waals surface area contributed by atoms with Gasteiger partial charge >= 0.3 is 5.97 Å². The first-order valence-electron chi connectivity index (χ1n) is 11.4. The molecule has 0 aliphatic heterocycles. The number of amides is 1. The monoisotopic (exact) mass is 470 g/mol. The second-order valence-corrected chi connectivity index (χ2v) is 8.69. The first kappa shape index (κ1) is 24.0. The van der Waals surface area contributed by atoms with Crippen LogP contribution in [0.3, 0.4) is 0 Å². The van der Waals surface area contributed by atoms with Gasteiger partial charge in [0.05, 0.1) is 11.3 Å².